The van der Waals surface area contributed by atoms with E-state index in [2.05, 4.69) is 6.07 Å². The molecule has 0 aromatic carbocycles. The second kappa shape index (κ2) is 2.10. The molecule has 2 rings (SSSR count). The van der Waals surface area contributed by atoms with Crippen LogP contribution in [0.5, 0.6) is 0 Å². The Kier molecular flexibility index (Phi) is 1.27. The summed E-state index contributed by atoms with van der Waals surface area (Å²) in [6, 6.07) is 2.08. The fourth-order valence-corrected chi connectivity index (χ4v) is 2.01. The smallest absolute Gasteiger partial charge is 0.116 e. The Bertz CT molecular complexity index is 184. The van der Waals surface area contributed by atoms with Crippen molar-refractivity contribution in [2.24, 2.45) is 0 Å². The van der Waals surface area contributed by atoms with Crippen LogP contribution in [0.15, 0.2) is 16.7 Å². The van der Waals surface area contributed by atoms with Gasteiger partial charge in [-0.05, 0) is 23.8 Å². The van der Waals surface area contributed by atoms with E-state index in [0.717, 1.165) is 5.75 Å². The lowest BCUT2D eigenvalue weighted by Gasteiger charge is -2.07. The summed E-state index contributed by atoms with van der Waals surface area (Å²) in [6.45, 7) is 0. The van der Waals surface area contributed by atoms with Gasteiger partial charge in [-0.25, -0.2) is 0 Å². The molecule has 48 valence electrons. The zero-order chi connectivity index (χ0) is 6.10. The fourth-order valence-electron chi connectivity index (χ4n) is 1.06. The molecule has 0 N–H and O–H groups in total. The van der Waals surface area contributed by atoms with E-state index >= 15 is 0 Å². The third-order valence-electron chi connectivity index (χ3n) is 1.59. The van der Waals surface area contributed by atoms with E-state index in [0.29, 0.717) is 0 Å². The second-order valence-corrected chi connectivity index (χ2v) is 3.28. The van der Waals surface area contributed by atoms with Gasteiger partial charge < -0.3 is 4.42 Å². The molecular weight excluding hydrogens is 132 g/mol. The lowest BCUT2D eigenvalue weighted by Crippen LogP contribution is -1.97. The number of furan rings is 1. The molecule has 1 aromatic rings. The number of rotatable bonds is 0. The van der Waals surface area contributed by atoms with E-state index in [-0.39, 0.29) is 0 Å². The van der Waals surface area contributed by atoms with Gasteiger partial charge in [0.2, 0.25) is 0 Å². The Balaban J connectivity index is 2.39. The molecule has 0 fully saturated rings. The molecule has 9 heavy (non-hydrogen) atoms. The summed E-state index contributed by atoms with van der Waals surface area (Å²) in [4.78, 5) is 0. The quantitative estimate of drug-likeness (QED) is 0.547. The van der Waals surface area contributed by atoms with Crippen molar-refractivity contribution >= 4 is 11.8 Å². The van der Waals surface area contributed by atoms with Gasteiger partial charge in [-0.1, -0.05) is 0 Å². The third kappa shape index (κ3) is 0.874. The molecule has 0 atom stereocenters. The Morgan fingerprint density at radius 3 is 3.44 bits per heavy atom. The van der Waals surface area contributed by atoms with Crippen molar-refractivity contribution in [1.82, 2.24) is 0 Å². The minimum Gasteiger partial charge on any atom is -0.468 e. The minimum atomic E-state index is 1.07. The van der Waals surface area contributed by atoms with E-state index in [1.54, 1.807) is 6.26 Å². The Morgan fingerprint density at radius 1 is 1.56 bits per heavy atom. The first-order chi connectivity index (χ1) is 4.47. The average Bonchev–Trinajstić information content (AvgIpc) is 2.33. The standard InChI is InChI=1S/C7H8OS/c1-3-8-7-5-9-4-2-6(1)7/h1,3H,2,4-5H2. The number of aryl methyl sites for hydroxylation is 1. The summed E-state index contributed by atoms with van der Waals surface area (Å²) in [5.41, 5.74) is 1.41. The number of fused-ring (bicyclic) bond motifs is 1. The molecule has 0 bridgehead atoms. The van der Waals surface area contributed by atoms with Crippen LogP contribution in [0.4, 0.5) is 0 Å². The van der Waals surface area contributed by atoms with E-state index in [4.69, 9.17) is 4.42 Å². The highest BCUT2D eigenvalue weighted by atomic mass is 32.2. The van der Waals surface area contributed by atoms with Crippen molar-refractivity contribution in [3.8, 4) is 0 Å². The van der Waals surface area contributed by atoms with E-state index in [9.17, 15) is 0 Å². The van der Waals surface area contributed by atoms with Gasteiger partial charge in [0.15, 0.2) is 0 Å². The minimum absolute atomic E-state index is 1.07. The lowest BCUT2D eigenvalue weighted by molar-refractivity contribution is 0.525. The van der Waals surface area contributed by atoms with E-state index in [1.165, 1.54) is 23.5 Å². The normalized spacial score (nSPS) is 17.3. The van der Waals surface area contributed by atoms with Gasteiger partial charge in [0.25, 0.3) is 0 Å². The molecule has 1 aliphatic heterocycles. The van der Waals surface area contributed by atoms with Gasteiger partial charge in [0.1, 0.15) is 5.76 Å². The summed E-state index contributed by atoms with van der Waals surface area (Å²) in [5, 5.41) is 0. The van der Waals surface area contributed by atoms with Gasteiger partial charge in [0.05, 0.1) is 12.0 Å². The summed E-state index contributed by atoms with van der Waals surface area (Å²) in [5.74, 6) is 3.51. The number of hydrogen-bond acceptors (Lipinski definition) is 2. The Morgan fingerprint density at radius 2 is 2.56 bits per heavy atom. The zero-order valence-corrected chi connectivity index (χ0v) is 5.91. The van der Waals surface area contributed by atoms with Gasteiger partial charge >= 0.3 is 0 Å². The maximum Gasteiger partial charge on any atom is 0.116 e. The highest BCUT2D eigenvalue weighted by Gasteiger charge is 2.10. The van der Waals surface area contributed by atoms with Crippen molar-refractivity contribution in [2.75, 3.05) is 5.75 Å². The largest absolute Gasteiger partial charge is 0.468 e. The maximum absolute atomic E-state index is 5.24. The molecule has 0 aliphatic carbocycles. The van der Waals surface area contributed by atoms with Crippen LogP contribution < -0.4 is 0 Å². The first kappa shape index (κ1) is 5.42. The van der Waals surface area contributed by atoms with Gasteiger partial charge in [-0.2, -0.15) is 11.8 Å². The van der Waals surface area contributed by atoms with Crippen LogP contribution in [0, 0.1) is 0 Å². The molecule has 2 heterocycles. The summed E-state index contributed by atoms with van der Waals surface area (Å²) in [7, 11) is 0. The van der Waals surface area contributed by atoms with Gasteiger partial charge in [-0.15, -0.1) is 0 Å². The topological polar surface area (TPSA) is 13.1 Å². The molecule has 0 saturated carbocycles. The molecule has 0 amide bonds. The number of hydrogen-bond donors (Lipinski definition) is 0. The molecule has 0 saturated heterocycles. The molecule has 0 unspecified atom stereocenters. The van der Waals surface area contributed by atoms with Crippen LogP contribution in [0.3, 0.4) is 0 Å². The van der Waals surface area contributed by atoms with Crippen LogP contribution in [0.2, 0.25) is 0 Å². The molecule has 0 radical (unpaired) electrons. The van der Waals surface area contributed by atoms with Crippen molar-refractivity contribution in [3.05, 3.63) is 23.7 Å². The van der Waals surface area contributed by atoms with Crippen LogP contribution >= 0.6 is 11.8 Å². The summed E-state index contributed by atoms with van der Waals surface area (Å²) < 4.78 is 5.24. The number of thioether (sulfide) groups is 1. The molecule has 0 spiro atoms. The molecular formula is C7H8OS. The maximum atomic E-state index is 5.24. The Labute approximate surface area is 58.4 Å². The van der Waals surface area contributed by atoms with Crippen molar-refractivity contribution in [1.29, 1.82) is 0 Å². The molecule has 1 nitrogen and oxygen atoms in total. The summed E-state index contributed by atoms with van der Waals surface area (Å²) >= 11 is 1.95. The van der Waals surface area contributed by atoms with Crippen LogP contribution in [0.1, 0.15) is 11.3 Å². The predicted octanol–water partition coefficient (Wildman–Crippen LogP) is 2.07. The average molecular weight is 140 g/mol. The molecule has 2 heteroatoms. The van der Waals surface area contributed by atoms with Gasteiger partial charge in [-0.3, -0.25) is 0 Å². The highest BCUT2D eigenvalue weighted by molar-refractivity contribution is 7.98. The SMILES string of the molecule is c1cc2c(o1)CSCC2. The zero-order valence-electron chi connectivity index (χ0n) is 5.09. The summed E-state index contributed by atoms with van der Waals surface area (Å²) in [6.07, 6.45) is 2.98. The van der Waals surface area contributed by atoms with Gasteiger partial charge in [0, 0.05) is 0 Å². The van der Waals surface area contributed by atoms with Crippen molar-refractivity contribution in [3.63, 3.8) is 0 Å². The van der Waals surface area contributed by atoms with Crippen LogP contribution in [-0.4, -0.2) is 5.75 Å². The van der Waals surface area contributed by atoms with E-state index in [1.807, 2.05) is 11.8 Å². The van der Waals surface area contributed by atoms with E-state index < -0.39 is 0 Å². The molecule has 1 aromatic heterocycles. The second-order valence-electron chi connectivity index (χ2n) is 2.17. The van der Waals surface area contributed by atoms with Crippen molar-refractivity contribution in [2.45, 2.75) is 12.2 Å². The van der Waals surface area contributed by atoms with Crippen molar-refractivity contribution < 1.29 is 4.42 Å². The van der Waals surface area contributed by atoms with Crippen LogP contribution in [0.25, 0.3) is 0 Å². The third-order valence-corrected chi connectivity index (χ3v) is 2.55. The first-order valence-corrected chi connectivity index (χ1v) is 4.25. The monoisotopic (exact) mass is 140 g/mol. The fraction of sp³-hybridized carbons (Fsp3) is 0.429. The highest BCUT2D eigenvalue weighted by Crippen LogP contribution is 2.24. The molecule has 1 aliphatic rings. The van der Waals surface area contributed by atoms with Crippen LogP contribution in [-0.2, 0) is 12.2 Å². The first-order valence-electron chi connectivity index (χ1n) is 3.10. The Hall–Kier alpha value is -0.370. The lowest BCUT2D eigenvalue weighted by atomic mass is 10.2. The predicted molar refractivity (Wildman–Crippen MR) is 38.6 cm³/mol.